The molecular formula is C12H17Cl2NO4S. The Morgan fingerprint density at radius 2 is 2.05 bits per heavy atom. The highest BCUT2D eigenvalue weighted by Crippen LogP contribution is 2.31. The summed E-state index contributed by atoms with van der Waals surface area (Å²) in [5.41, 5.74) is 0.189. The first-order valence-corrected chi connectivity index (χ1v) is 8.25. The summed E-state index contributed by atoms with van der Waals surface area (Å²) >= 11 is 11.8. The molecule has 1 atom stereocenters. The molecule has 0 aromatic heterocycles. The van der Waals surface area contributed by atoms with Crippen molar-refractivity contribution in [1.29, 1.82) is 0 Å². The van der Waals surface area contributed by atoms with E-state index in [1.807, 2.05) is 6.92 Å². The second-order valence-electron chi connectivity index (χ2n) is 4.18. The second kappa shape index (κ2) is 7.59. The van der Waals surface area contributed by atoms with Gasteiger partial charge in [-0.05, 0) is 26.0 Å². The standard InChI is InChI=1S/C12H17Cl2NO4S/c1-3-19-7-8(2)15-20(17,18)11-5-4-10(13)9(6-16)12(11)14/h4-5,8,15-16H,3,6-7H2,1-2H3. The average Bonchev–Trinajstić information content (AvgIpc) is 2.36. The molecule has 20 heavy (non-hydrogen) atoms. The van der Waals surface area contributed by atoms with E-state index in [0.29, 0.717) is 6.61 Å². The summed E-state index contributed by atoms with van der Waals surface area (Å²) in [4.78, 5) is -0.115. The normalized spacial score (nSPS) is 13.4. The van der Waals surface area contributed by atoms with Crippen molar-refractivity contribution < 1.29 is 18.3 Å². The predicted molar refractivity (Wildman–Crippen MR) is 78.7 cm³/mol. The van der Waals surface area contributed by atoms with Gasteiger partial charge in [0.1, 0.15) is 4.90 Å². The summed E-state index contributed by atoms with van der Waals surface area (Å²) in [5.74, 6) is 0. The SMILES string of the molecule is CCOCC(C)NS(=O)(=O)c1ccc(Cl)c(CO)c1Cl. The Hall–Kier alpha value is -0.370. The highest BCUT2D eigenvalue weighted by Gasteiger charge is 2.23. The summed E-state index contributed by atoms with van der Waals surface area (Å²) < 4.78 is 32.1. The summed E-state index contributed by atoms with van der Waals surface area (Å²) in [6.45, 7) is 3.83. The lowest BCUT2D eigenvalue weighted by atomic mass is 10.2. The summed E-state index contributed by atoms with van der Waals surface area (Å²) in [6.07, 6.45) is 0. The van der Waals surface area contributed by atoms with E-state index in [1.54, 1.807) is 6.92 Å². The van der Waals surface area contributed by atoms with Gasteiger partial charge in [-0.1, -0.05) is 23.2 Å². The summed E-state index contributed by atoms with van der Waals surface area (Å²) in [6, 6.07) is 2.30. The number of nitrogens with one attached hydrogen (secondary N) is 1. The van der Waals surface area contributed by atoms with Crippen LogP contribution in [0.4, 0.5) is 0 Å². The Labute approximate surface area is 128 Å². The third kappa shape index (κ3) is 4.31. The van der Waals surface area contributed by atoms with Crippen LogP contribution in [0.1, 0.15) is 19.4 Å². The van der Waals surface area contributed by atoms with Crippen molar-refractivity contribution in [3.05, 3.63) is 27.7 Å². The minimum atomic E-state index is -3.80. The Bertz CT molecular complexity index is 563. The van der Waals surface area contributed by atoms with E-state index in [1.165, 1.54) is 12.1 Å². The molecule has 0 spiro atoms. The van der Waals surface area contributed by atoms with Crippen molar-refractivity contribution in [1.82, 2.24) is 4.72 Å². The van der Waals surface area contributed by atoms with Crippen LogP contribution in [-0.4, -0.2) is 32.8 Å². The number of aliphatic hydroxyl groups is 1. The lowest BCUT2D eigenvalue weighted by molar-refractivity contribution is 0.133. The molecule has 5 nitrogen and oxygen atoms in total. The van der Waals surface area contributed by atoms with Crippen molar-refractivity contribution >= 4 is 33.2 Å². The molecule has 0 aliphatic carbocycles. The van der Waals surface area contributed by atoms with Crippen molar-refractivity contribution in [2.24, 2.45) is 0 Å². The lowest BCUT2D eigenvalue weighted by Crippen LogP contribution is -2.36. The minimum absolute atomic E-state index is 0.0730. The Morgan fingerprint density at radius 1 is 1.40 bits per heavy atom. The minimum Gasteiger partial charge on any atom is -0.392 e. The highest BCUT2D eigenvalue weighted by atomic mass is 35.5. The zero-order valence-corrected chi connectivity index (χ0v) is 13.5. The van der Waals surface area contributed by atoms with Crippen molar-refractivity contribution in [2.75, 3.05) is 13.2 Å². The molecule has 2 N–H and O–H groups in total. The van der Waals surface area contributed by atoms with Crippen LogP contribution in [0.2, 0.25) is 10.0 Å². The van der Waals surface area contributed by atoms with Gasteiger partial charge in [0.15, 0.2) is 0 Å². The molecule has 0 radical (unpaired) electrons. The van der Waals surface area contributed by atoms with Gasteiger partial charge in [0, 0.05) is 23.2 Å². The van der Waals surface area contributed by atoms with E-state index in [4.69, 9.17) is 27.9 Å². The van der Waals surface area contributed by atoms with E-state index in [-0.39, 0.29) is 27.1 Å². The van der Waals surface area contributed by atoms with Crippen LogP contribution in [0.25, 0.3) is 0 Å². The van der Waals surface area contributed by atoms with Crippen LogP contribution < -0.4 is 4.72 Å². The maximum atomic E-state index is 12.2. The fourth-order valence-corrected chi connectivity index (χ4v) is 3.71. The van der Waals surface area contributed by atoms with E-state index in [9.17, 15) is 13.5 Å². The van der Waals surface area contributed by atoms with Gasteiger partial charge in [0.05, 0.1) is 18.2 Å². The van der Waals surface area contributed by atoms with Crippen LogP contribution in [0.5, 0.6) is 0 Å². The molecule has 114 valence electrons. The van der Waals surface area contributed by atoms with Crippen LogP contribution in [-0.2, 0) is 21.4 Å². The largest absolute Gasteiger partial charge is 0.392 e. The topological polar surface area (TPSA) is 75.6 Å². The van der Waals surface area contributed by atoms with Gasteiger partial charge in [-0.3, -0.25) is 0 Å². The fourth-order valence-electron chi connectivity index (χ4n) is 1.59. The first-order chi connectivity index (χ1) is 9.33. The molecule has 1 aromatic rings. The van der Waals surface area contributed by atoms with Crippen LogP contribution in [0, 0.1) is 0 Å². The van der Waals surface area contributed by atoms with E-state index in [0.717, 1.165) is 0 Å². The number of hydrogen-bond acceptors (Lipinski definition) is 4. The van der Waals surface area contributed by atoms with Crippen LogP contribution in [0.15, 0.2) is 17.0 Å². The smallest absolute Gasteiger partial charge is 0.242 e. The van der Waals surface area contributed by atoms with Crippen molar-refractivity contribution in [3.8, 4) is 0 Å². The molecule has 0 fully saturated rings. The van der Waals surface area contributed by atoms with E-state index >= 15 is 0 Å². The number of sulfonamides is 1. The molecule has 0 amide bonds. The zero-order chi connectivity index (χ0) is 15.3. The summed E-state index contributed by atoms with van der Waals surface area (Å²) in [7, 11) is -3.80. The van der Waals surface area contributed by atoms with Crippen LogP contribution in [0.3, 0.4) is 0 Å². The molecule has 0 saturated carbocycles. The molecule has 0 heterocycles. The zero-order valence-electron chi connectivity index (χ0n) is 11.2. The van der Waals surface area contributed by atoms with E-state index < -0.39 is 22.7 Å². The Morgan fingerprint density at radius 3 is 2.60 bits per heavy atom. The van der Waals surface area contributed by atoms with E-state index in [2.05, 4.69) is 4.72 Å². The summed E-state index contributed by atoms with van der Waals surface area (Å²) in [5, 5.41) is 9.33. The predicted octanol–water partition coefficient (Wildman–Crippen LogP) is 2.19. The maximum Gasteiger partial charge on any atom is 0.242 e. The number of benzene rings is 1. The third-order valence-corrected chi connectivity index (χ3v) is 5.06. The first kappa shape index (κ1) is 17.7. The van der Waals surface area contributed by atoms with Gasteiger partial charge in [0.25, 0.3) is 0 Å². The number of rotatable bonds is 7. The first-order valence-electron chi connectivity index (χ1n) is 6.01. The van der Waals surface area contributed by atoms with Gasteiger partial charge in [-0.2, -0.15) is 0 Å². The molecular weight excluding hydrogens is 325 g/mol. The van der Waals surface area contributed by atoms with Gasteiger partial charge in [-0.15, -0.1) is 0 Å². The molecule has 1 aromatic carbocycles. The molecule has 8 heteroatoms. The molecule has 0 bridgehead atoms. The monoisotopic (exact) mass is 341 g/mol. The molecule has 0 aliphatic heterocycles. The fraction of sp³-hybridized carbons (Fsp3) is 0.500. The second-order valence-corrected chi connectivity index (χ2v) is 6.65. The quantitative estimate of drug-likeness (QED) is 0.796. The average molecular weight is 342 g/mol. The highest BCUT2D eigenvalue weighted by molar-refractivity contribution is 7.89. The Balaban J connectivity index is 3.04. The molecule has 0 saturated heterocycles. The Kier molecular flexibility index (Phi) is 6.71. The number of hydrogen-bond donors (Lipinski definition) is 2. The van der Waals surface area contributed by atoms with Gasteiger partial charge in [-0.25, -0.2) is 13.1 Å². The number of halogens is 2. The number of aliphatic hydroxyl groups excluding tert-OH is 1. The molecule has 0 aliphatic rings. The third-order valence-electron chi connectivity index (χ3n) is 2.53. The van der Waals surface area contributed by atoms with Gasteiger partial charge < -0.3 is 9.84 Å². The maximum absolute atomic E-state index is 12.2. The van der Waals surface area contributed by atoms with Crippen molar-refractivity contribution in [2.45, 2.75) is 31.4 Å². The van der Waals surface area contributed by atoms with Gasteiger partial charge >= 0.3 is 0 Å². The molecule has 1 unspecified atom stereocenters. The van der Waals surface area contributed by atoms with Crippen molar-refractivity contribution in [3.63, 3.8) is 0 Å². The lowest BCUT2D eigenvalue weighted by Gasteiger charge is -2.16. The number of ether oxygens (including phenoxy) is 1. The van der Waals surface area contributed by atoms with Gasteiger partial charge in [0.2, 0.25) is 10.0 Å². The molecule has 1 rings (SSSR count). The van der Waals surface area contributed by atoms with Crippen LogP contribution >= 0.6 is 23.2 Å².